The smallest absolute Gasteiger partial charge is 0.414 e. The van der Waals surface area contributed by atoms with Crippen LogP contribution >= 0.6 is 11.3 Å². The van der Waals surface area contributed by atoms with E-state index in [1.54, 1.807) is 65.1 Å². The summed E-state index contributed by atoms with van der Waals surface area (Å²) in [6.07, 6.45) is 1.27. The number of carboxylic acid groups (broad SMARTS) is 1. The number of amides is 3. The number of rotatable bonds is 14. The Hall–Kier alpha value is -5.77. The molecule has 58 heavy (non-hydrogen) atoms. The molecule has 0 aliphatic heterocycles. The maximum atomic E-state index is 13.6. The van der Waals surface area contributed by atoms with Crippen molar-refractivity contribution in [1.29, 1.82) is 0 Å². The fraction of sp³-hybridized carbons (Fsp3) is 0.452. The maximum absolute atomic E-state index is 13.6. The molecule has 2 aromatic carbocycles. The van der Waals surface area contributed by atoms with E-state index in [1.807, 2.05) is 13.0 Å². The molecule has 1 heterocycles. The first-order chi connectivity index (χ1) is 27.3. The molecule has 0 fully saturated rings. The summed E-state index contributed by atoms with van der Waals surface area (Å²) >= 11 is 1.23. The van der Waals surface area contributed by atoms with Crippen molar-refractivity contribution in [3.05, 3.63) is 81.0 Å². The highest BCUT2D eigenvalue weighted by atomic mass is 32.1. The number of aliphatic carboxylic acids is 1. The van der Waals surface area contributed by atoms with E-state index in [4.69, 9.17) is 18.9 Å². The maximum Gasteiger partial charge on any atom is 0.414 e. The third-order valence-electron chi connectivity index (χ3n) is 8.44. The van der Waals surface area contributed by atoms with Gasteiger partial charge in [-0.05, 0) is 131 Å². The number of unbranched alkanes of at least 4 members (excludes halogenated alkanes) is 1. The van der Waals surface area contributed by atoms with E-state index in [0.29, 0.717) is 35.8 Å². The number of hydrogen-bond donors (Lipinski definition) is 3. The van der Waals surface area contributed by atoms with Gasteiger partial charge >= 0.3 is 30.1 Å². The van der Waals surface area contributed by atoms with Gasteiger partial charge in [0.25, 0.3) is 0 Å². The minimum atomic E-state index is -1.02. The van der Waals surface area contributed by atoms with Crippen LogP contribution in [0.15, 0.2) is 58.9 Å². The number of carbonyl (C=O) groups excluding carboxylic acids is 5. The van der Waals surface area contributed by atoms with E-state index in [9.17, 15) is 33.9 Å². The van der Waals surface area contributed by atoms with Gasteiger partial charge < -0.3 is 29.0 Å². The number of fused-ring (bicyclic) bond motifs is 1. The van der Waals surface area contributed by atoms with E-state index in [1.165, 1.54) is 40.5 Å². The molecule has 0 radical (unpaired) electrons. The van der Waals surface area contributed by atoms with Crippen molar-refractivity contribution in [2.45, 2.75) is 111 Å². The Labute approximate surface area is 342 Å². The van der Waals surface area contributed by atoms with Crippen LogP contribution in [0.25, 0.3) is 0 Å². The second kappa shape index (κ2) is 20.1. The molecule has 0 bridgehead atoms. The van der Waals surface area contributed by atoms with Crippen LogP contribution in [0.1, 0.15) is 123 Å². The molecule has 1 aliphatic carbocycles. The van der Waals surface area contributed by atoms with Crippen LogP contribution in [0.2, 0.25) is 0 Å². The molecular weight excluding hydrogens is 769 g/mol. The Bertz CT molecular complexity index is 1960. The van der Waals surface area contributed by atoms with Gasteiger partial charge in [-0.15, -0.1) is 11.3 Å². The van der Waals surface area contributed by atoms with Crippen LogP contribution in [0.5, 0.6) is 5.75 Å². The molecule has 1 unspecified atom stereocenters. The molecule has 1 aromatic heterocycles. The molecule has 15 nitrogen and oxygen atoms in total. The van der Waals surface area contributed by atoms with Gasteiger partial charge in [0.05, 0.1) is 24.3 Å². The third kappa shape index (κ3) is 14.6. The Balaban J connectivity index is 1.40. The summed E-state index contributed by atoms with van der Waals surface area (Å²) in [6.45, 7) is 12.7. The van der Waals surface area contributed by atoms with Crippen molar-refractivity contribution in [1.82, 2.24) is 15.5 Å². The monoisotopic (exact) mass is 820 g/mol. The Morgan fingerprint density at radius 1 is 0.897 bits per heavy atom. The van der Waals surface area contributed by atoms with Gasteiger partial charge in [-0.2, -0.15) is 0 Å². The number of hydrogen-bond acceptors (Lipinski definition) is 12. The molecule has 0 spiro atoms. The highest BCUT2D eigenvalue weighted by Gasteiger charge is 2.28. The average molecular weight is 821 g/mol. The second-order valence-corrected chi connectivity index (χ2v) is 16.6. The molecule has 3 N–H and O–H groups in total. The lowest BCUT2D eigenvalue weighted by Crippen LogP contribution is -2.47. The highest BCUT2D eigenvalue weighted by molar-refractivity contribution is 7.12. The number of carbonyl (C=O) groups is 6. The van der Waals surface area contributed by atoms with Crippen LogP contribution in [0, 0.1) is 0 Å². The summed E-state index contributed by atoms with van der Waals surface area (Å²) in [4.78, 5) is 81.7. The molecule has 1 atom stereocenters. The number of carboxylic acids is 1. The Morgan fingerprint density at radius 3 is 2.16 bits per heavy atom. The molecule has 0 saturated carbocycles. The Kier molecular flexibility index (Phi) is 15.6. The molecule has 0 saturated heterocycles. The van der Waals surface area contributed by atoms with Crippen LogP contribution in [-0.2, 0) is 36.8 Å². The Morgan fingerprint density at radius 2 is 1.55 bits per heavy atom. The number of guanidine groups is 1. The highest BCUT2D eigenvalue weighted by Crippen LogP contribution is 2.38. The van der Waals surface area contributed by atoms with Gasteiger partial charge in [0.2, 0.25) is 11.9 Å². The number of alkyl carbamates (subject to hydrolysis) is 2. The van der Waals surface area contributed by atoms with Gasteiger partial charge in [-0.3, -0.25) is 20.2 Å². The number of nitrogens with zero attached hydrogens (tertiary/aromatic N) is 2. The lowest BCUT2D eigenvalue weighted by atomic mass is 9.97. The summed E-state index contributed by atoms with van der Waals surface area (Å²) in [5, 5.41) is 15.9. The van der Waals surface area contributed by atoms with E-state index < -0.39 is 41.3 Å². The van der Waals surface area contributed by atoms with Crippen LogP contribution in [-0.4, -0.2) is 76.3 Å². The summed E-state index contributed by atoms with van der Waals surface area (Å²) in [5.74, 6) is -2.29. The largest absolute Gasteiger partial charge is 0.481 e. The van der Waals surface area contributed by atoms with E-state index in [0.717, 1.165) is 29.5 Å². The number of ether oxygens (including phenoxy) is 4. The quantitative estimate of drug-likeness (QED) is 0.0357. The van der Waals surface area contributed by atoms with E-state index in [2.05, 4.69) is 15.6 Å². The fourth-order valence-corrected chi connectivity index (χ4v) is 6.64. The van der Waals surface area contributed by atoms with Gasteiger partial charge in [0.1, 0.15) is 21.8 Å². The lowest BCUT2D eigenvalue weighted by Gasteiger charge is -2.23. The van der Waals surface area contributed by atoms with Crippen molar-refractivity contribution in [3.63, 3.8) is 0 Å². The van der Waals surface area contributed by atoms with Gasteiger partial charge in [0, 0.05) is 19.5 Å². The fourth-order valence-electron chi connectivity index (χ4n) is 5.84. The summed E-state index contributed by atoms with van der Waals surface area (Å²) < 4.78 is 21.5. The standard InChI is InChI=1S/C42H52N4O11S/c1-8-9-20-54-37(51)33-21-26(25-58-33)24-46(19-18-35(48)49)34(47)23-29-11-10-28-22-31(16-17-32(28)29)55-36(50)27-12-14-30(15-13-27)43-38(44-39(52)56-41(2,3)4)45-40(53)57-42(5,6)7/h12-17,21-22,25,29H,8-11,18-20,23-24H2,1-7H3,(H,48,49)(H2,43,44,45,52,53). The summed E-state index contributed by atoms with van der Waals surface area (Å²) in [5.41, 5.74) is 1.52. The van der Waals surface area contributed by atoms with Gasteiger partial charge in [-0.25, -0.2) is 24.2 Å². The lowest BCUT2D eigenvalue weighted by molar-refractivity contribution is -0.138. The first-order valence-corrected chi connectivity index (χ1v) is 19.9. The van der Waals surface area contributed by atoms with Crippen LogP contribution in [0.4, 0.5) is 15.3 Å². The van der Waals surface area contributed by atoms with Crippen molar-refractivity contribution < 1.29 is 52.8 Å². The molecule has 3 amide bonds. The van der Waals surface area contributed by atoms with Crippen LogP contribution < -0.4 is 15.4 Å². The van der Waals surface area contributed by atoms with E-state index >= 15 is 0 Å². The molecule has 16 heteroatoms. The zero-order valence-electron chi connectivity index (χ0n) is 34.0. The minimum absolute atomic E-state index is 0.0230. The van der Waals surface area contributed by atoms with E-state index in [-0.39, 0.29) is 49.3 Å². The number of nitrogens with one attached hydrogen (secondary N) is 2. The third-order valence-corrected chi connectivity index (χ3v) is 9.40. The molecule has 3 aromatic rings. The van der Waals surface area contributed by atoms with Crippen molar-refractivity contribution in [2.24, 2.45) is 4.99 Å². The molecule has 1 aliphatic rings. The van der Waals surface area contributed by atoms with Crippen molar-refractivity contribution in [3.8, 4) is 5.75 Å². The number of benzene rings is 2. The number of aliphatic imine (C=N–C) groups is 1. The van der Waals surface area contributed by atoms with Crippen molar-refractivity contribution in [2.75, 3.05) is 13.2 Å². The predicted molar refractivity (Wildman–Crippen MR) is 217 cm³/mol. The number of aryl methyl sites for hydroxylation is 1. The SMILES string of the molecule is CCCCOC(=O)c1cc(CN(CCC(=O)O)C(=O)CC2CCc3cc(OC(=O)c4ccc(N=C(NC(=O)OC(C)(C)C)NC(=O)OC(C)(C)C)cc4)ccc32)cs1. The van der Waals surface area contributed by atoms with Gasteiger partial charge in [0.15, 0.2) is 0 Å². The normalized spacial score (nSPS) is 13.4. The predicted octanol–water partition coefficient (Wildman–Crippen LogP) is 7.88. The topological polar surface area (TPSA) is 199 Å². The average Bonchev–Trinajstić information content (AvgIpc) is 3.75. The van der Waals surface area contributed by atoms with Crippen LogP contribution in [0.3, 0.4) is 0 Å². The summed E-state index contributed by atoms with van der Waals surface area (Å²) in [7, 11) is 0. The first kappa shape index (κ1) is 44.9. The minimum Gasteiger partial charge on any atom is -0.481 e. The molecule has 4 rings (SSSR count). The first-order valence-electron chi connectivity index (χ1n) is 19.1. The van der Waals surface area contributed by atoms with Crippen molar-refractivity contribution >= 4 is 59.0 Å². The molecular formula is C42H52N4O11S. The zero-order valence-corrected chi connectivity index (χ0v) is 34.8. The number of thiophene rings is 1. The molecule has 312 valence electrons. The number of esters is 2. The zero-order chi connectivity index (χ0) is 42.6. The van der Waals surface area contributed by atoms with Gasteiger partial charge in [-0.1, -0.05) is 19.4 Å². The second-order valence-electron chi connectivity index (χ2n) is 15.7. The summed E-state index contributed by atoms with van der Waals surface area (Å²) in [6, 6.07) is 13.0.